The Bertz CT molecular complexity index is 761. The van der Waals surface area contributed by atoms with Gasteiger partial charge in [-0.1, -0.05) is 77.7 Å². The lowest BCUT2D eigenvalue weighted by atomic mass is 10.0. The summed E-state index contributed by atoms with van der Waals surface area (Å²) in [4.78, 5) is 4.67. The first-order chi connectivity index (χ1) is 15.8. The number of pyridine rings is 1. The zero-order valence-corrected chi connectivity index (χ0v) is 20.3. The fraction of sp³-hybridized carbons (Fsp3) is 0.586. The second-order valence-corrected chi connectivity index (χ2v) is 8.88. The van der Waals surface area contributed by atoms with Crippen LogP contribution in [0.25, 0.3) is 11.3 Å². The van der Waals surface area contributed by atoms with Crippen LogP contribution in [0.2, 0.25) is 0 Å². The minimum atomic E-state index is 0.0808. The summed E-state index contributed by atoms with van der Waals surface area (Å²) >= 11 is 0. The predicted molar refractivity (Wildman–Crippen MR) is 135 cm³/mol. The van der Waals surface area contributed by atoms with Crippen LogP contribution in [0.1, 0.15) is 96.5 Å². The Kier molecular flexibility index (Phi) is 13.2. The number of rotatable bonds is 17. The molecule has 0 amide bonds. The van der Waals surface area contributed by atoms with Gasteiger partial charge in [0.25, 0.3) is 0 Å². The fourth-order valence-corrected chi connectivity index (χ4v) is 3.96. The molecule has 0 bridgehead atoms. The Morgan fingerprint density at radius 1 is 0.844 bits per heavy atom. The van der Waals surface area contributed by atoms with E-state index in [4.69, 9.17) is 10.00 Å². The molecule has 2 rings (SSSR count). The number of unbranched alkanes of at least 4 members (excludes halogenated alkanes) is 9. The van der Waals surface area contributed by atoms with Crippen molar-refractivity contribution in [1.29, 1.82) is 5.26 Å². The molecule has 3 nitrogen and oxygen atoms in total. The molecule has 174 valence electrons. The lowest BCUT2D eigenvalue weighted by molar-refractivity contribution is 0.291. The molecule has 0 aliphatic carbocycles. The lowest BCUT2D eigenvalue weighted by Crippen LogP contribution is -2.04. The summed E-state index contributed by atoms with van der Waals surface area (Å²) in [6, 6.07) is 14.7. The van der Waals surface area contributed by atoms with Crippen molar-refractivity contribution in [2.45, 2.75) is 97.3 Å². The van der Waals surface area contributed by atoms with E-state index in [9.17, 15) is 0 Å². The number of hydrogen-bond acceptors (Lipinski definition) is 3. The van der Waals surface area contributed by atoms with Gasteiger partial charge in [0.1, 0.15) is 5.75 Å². The van der Waals surface area contributed by atoms with Gasteiger partial charge in [0.2, 0.25) is 0 Å². The zero-order chi connectivity index (χ0) is 22.9. The maximum atomic E-state index is 9.01. The van der Waals surface area contributed by atoms with E-state index in [2.05, 4.69) is 42.2 Å². The van der Waals surface area contributed by atoms with Gasteiger partial charge in [0, 0.05) is 17.7 Å². The molecule has 0 saturated heterocycles. The summed E-state index contributed by atoms with van der Waals surface area (Å²) in [7, 11) is 0. The first kappa shape index (κ1) is 25.9. The molecular weight excluding hydrogens is 392 g/mol. The quantitative estimate of drug-likeness (QED) is 0.234. The average molecular weight is 435 g/mol. The van der Waals surface area contributed by atoms with Gasteiger partial charge in [0.15, 0.2) is 0 Å². The number of nitrogens with zero attached hydrogens (tertiary/aromatic N) is 2. The van der Waals surface area contributed by atoms with Crippen molar-refractivity contribution in [1.82, 2.24) is 4.98 Å². The van der Waals surface area contributed by atoms with Crippen molar-refractivity contribution in [3.05, 3.63) is 48.2 Å². The molecule has 32 heavy (non-hydrogen) atoms. The summed E-state index contributed by atoms with van der Waals surface area (Å²) in [5.41, 5.74) is 3.43. The van der Waals surface area contributed by atoms with E-state index in [-0.39, 0.29) is 5.92 Å². The van der Waals surface area contributed by atoms with E-state index in [1.807, 2.05) is 25.3 Å². The van der Waals surface area contributed by atoms with Crippen LogP contribution in [0.3, 0.4) is 0 Å². The van der Waals surface area contributed by atoms with Gasteiger partial charge in [-0.25, -0.2) is 0 Å². The molecule has 0 aliphatic rings. The van der Waals surface area contributed by atoms with Crippen LogP contribution >= 0.6 is 0 Å². The number of nitriles is 1. The van der Waals surface area contributed by atoms with Crippen LogP contribution in [0.4, 0.5) is 0 Å². The number of benzene rings is 1. The SMILES string of the molecule is CCCCCCCCCCCCc1ccc(-c2ccc(OCCC(C#N)CC)cc2)nc1. The van der Waals surface area contributed by atoms with E-state index < -0.39 is 0 Å². The van der Waals surface area contributed by atoms with Crippen molar-refractivity contribution in [3.63, 3.8) is 0 Å². The third kappa shape index (κ3) is 10.3. The number of aromatic nitrogens is 1. The van der Waals surface area contributed by atoms with E-state index in [0.717, 1.165) is 36.3 Å². The summed E-state index contributed by atoms with van der Waals surface area (Å²) in [5, 5.41) is 9.01. The minimum absolute atomic E-state index is 0.0808. The van der Waals surface area contributed by atoms with Gasteiger partial charge < -0.3 is 4.74 Å². The van der Waals surface area contributed by atoms with Crippen molar-refractivity contribution >= 4 is 0 Å². The third-order valence-electron chi connectivity index (χ3n) is 6.20. The van der Waals surface area contributed by atoms with Gasteiger partial charge >= 0.3 is 0 Å². The third-order valence-corrected chi connectivity index (χ3v) is 6.20. The molecule has 0 saturated carbocycles. The molecule has 3 heteroatoms. The first-order valence-electron chi connectivity index (χ1n) is 12.8. The average Bonchev–Trinajstić information content (AvgIpc) is 2.84. The molecule has 0 fully saturated rings. The van der Waals surface area contributed by atoms with Crippen molar-refractivity contribution < 1.29 is 4.74 Å². The molecule has 0 N–H and O–H groups in total. The highest BCUT2D eigenvalue weighted by Crippen LogP contribution is 2.22. The van der Waals surface area contributed by atoms with Gasteiger partial charge in [-0.2, -0.15) is 5.26 Å². The van der Waals surface area contributed by atoms with E-state index in [1.54, 1.807) is 0 Å². The highest BCUT2D eigenvalue weighted by molar-refractivity contribution is 5.60. The highest BCUT2D eigenvalue weighted by Gasteiger charge is 2.05. The van der Waals surface area contributed by atoms with Crippen molar-refractivity contribution in [3.8, 4) is 23.1 Å². The summed E-state index contributed by atoms with van der Waals surface area (Å²) in [5.74, 6) is 0.927. The molecule has 1 atom stereocenters. The first-order valence-corrected chi connectivity index (χ1v) is 12.8. The molecule has 2 aromatic rings. The maximum absolute atomic E-state index is 9.01. The lowest BCUT2D eigenvalue weighted by Gasteiger charge is -2.09. The van der Waals surface area contributed by atoms with Crippen LogP contribution in [-0.2, 0) is 6.42 Å². The second kappa shape index (κ2) is 16.3. The fourth-order valence-electron chi connectivity index (χ4n) is 3.96. The van der Waals surface area contributed by atoms with Gasteiger partial charge in [-0.15, -0.1) is 0 Å². The minimum Gasteiger partial charge on any atom is -0.494 e. The normalized spacial score (nSPS) is 11.8. The Morgan fingerprint density at radius 2 is 1.50 bits per heavy atom. The molecule has 1 heterocycles. The Morgan fingerprint density at radius 3 is 2.06 bits per heavy atom. The predicted octanol–water partition coefficient (Wildman–Crippen LogP) is 8.53. The number of hydrogen-bond donors (Lipinski definition) is 0. The van der Waals surface area contributed by atoms with Gasteiger partial charge in [-0.05, 0) is 61.6 Å². The van der Waals surface area contributed by atoms with Crippen LogP contribution in [-0.4, -0.2) is 11.6 Å². The van der Waals surface area contributed by atoms with Gasteiger partial charge in [0.05, 0.1) is 18.4 Å². The largest absolute Gasteiger partial charge is 0.494 e. The highest BCUT2D eigenvalue weighted by atomic mass is 16.5. The summed E-state index contributed by atoms with van der Waals surface area (Å²) in [6.07, 6.45) is 18.5. The Balaban J connectivity index is 1.64. The van der Waals surface area contributed by atoms with Crippen LogP contribution in [0.15, 0.2) is 42.6 Å². The van der Waals surface area contributed by atoms with Crippen molar-refractivity contribution in [2.24, 2.45) is 5.92 Å². The molecule has 0 aliphatic heterocycles. The van der Waals surface area contributed by atoms with E-state index in [1.165, 1.54) is 69.8 Å². The van der Waals surface area contributed by atoms with Gasteiger partial charge in [-0.3, -0.25) is 4.98 Å². The van der Waals surface area contributed by atoms with Crippen molar-refractivity contribution in [2.75, 3.05) is 6.61 Å². The smallest absolute Gasteiger partial charge is 0.119 e. The second-order valence-electron chi connectivity index (χ2n) is 8.88. The Hall–Kier alpha value is -2.34. The van der Waals surface area contributed by atoms with Crippen LogP contribution < -0.4 is 4.74 Å². The van der Waals surface area contributed by atoms with Crippen LogP contribution in [0, 0.1) is 17.2 Å². The number of ether oxygens (including phenoxy) is 1. The molecule has 1 unspecified atom stereocenters. The molecule has 0 radical (unpaired) electrons. The maximum Gasteiger partial charge on any atom is 0.119 e. The molecule has 1 aromatic heterocycles. The van der Waals surface area contributed by atoms with Crippen LogP contribution in [0.5, 0.6) is 5.75 Å². The Labute approximate surface area is 196 Å². The molecule has 1 aromatic carbocycles. The summed E-state index contributed by atoms with van der Waals surface area (Å²) < 4.78 is 5.78. The monoisotopic (exact) mass is 434 g/mol. The topological polar surface area (TPSA) is 45.9 Å². The van der Waals surface area contributed by atoms with E-state index >= 15 is 0 Å². The van der Waals surface area contributed by atoms with E-state index in [0.29, 0.717) is 6.61 Å². The standard InChI is InChI=1S/C29H42N2O/c1-3-5-6-7-8-9-10-11-12-13-14-26-15-20-29(31-24-26)27-16-18-28(19-17-27)32-22-21-25(4-2)23-30/h15-20,24-25H,3-14,21-22H2,1-2H3. The zero-order valence-electron chi connectivity index (χ0n) is 20.3. The molecule has 0 spiro atoms. The molecular formula is C29H42N2O. The summed E-state index contributed by atoms with van der Waals surface area (Å²) in [6.45, 7) is 4.90. The number of aryl methyl sites for hydroxylation is 1.